The van der Waals surface area contributed by atoms with E-state index in [1.54, 1.807) is 41.3 Å². The fraction of sp³-hybridized carbons (Fsp3) is 0.273. The lowest BCUT2D eigenvalue weighted by molar-refractivity contribution is 0.0939. The first-order chi connectivity index (χ1) is 14.2. The van der Waals surface area contributed by atoms with Crippen molar-refractivity contribution in [3.05, 3.63) is 77.9 Å². The molecule has 1 heterocycles. The normalized spacial score (nSPS) is 13.9. The maximum Gasteiger partial charge on any atom is 0.255 e. The van der Waals surface area contributed by atoms with Crippen LogP contribution in [0.15, 0.2) is 61.2 Å². The topological polar surface area (TPSA) is 88.9 Å². The van der Waals surface area contributed by atoms with Crippen LogP contribution in [0.3, 0.4) is 0 Å². The largest absolute Gasteiger partial charge is 0.349 e. The van der Waals surface area contributed by atoms with Gasteiger partial charge >= 0.3 is 0 Å². The van der Waals surface area contributed by atoms with Crippen LogP contribution in [0.2, 0.25) is 0 Å². The fourth-order valence-electron chi connectivity index (χ4n) is 3.58. The third kappa shape index (κ3) is 4.68. The van der Waals surface area contributed by atoms with Gasteiger partial charge in [-0.05, 0) is 42.7 Å². The van der Waals surface area contributed by atoms with Gasteiger partial charge in [-0.15, -0.1) is 0 Å². The van der Waals surface area contributed by atoms with E-state index in [1.807, 2.05) is 18.2 Å². The molecule has 2 aromatic carbocycles. The summed E-state index contributed by atoms with van der Waals surface area (Å²) in [7, 11) is 0. The van der Waals surface area contributed by atoms with Crippen LogP contribution in [0, 0.1) is 0 Å². The van der Waals surface area contributed by atoms with E-state index in [0.29, 0.717) is 23.4 Å². The molecule has 0 saturated heterocycles. The molecule has 148 valence electrons. The fourth-order valence-corrected chi connectivity index (χ4v) is 3.58. The van der Waals surface area contributed by atoms with Crippen LogP contribution in [-0.2, 0) is 6.54 Å². The Kier molecular flexibility index (Phi) is 5.65. The second-order valence-corrected chi connectivity index (χ2v) is 7.24. The van der Waals surface area contributed by atoms with E-state index in [4.69, 9.17) is 0 Å². The summed E-state index contributed by atoms with van der Waals surface area (Å²) in [4.78, 5) is 29.3. The summed E-state index contributed by atoms with van der Waals surface area (Å²) in [5.41, 5.74) is 2.54. The van der Waals surface area contributed by atoms with Gasteiger partial charge in [0.15, 0.2) is 0 Å². The molecule has 1 saturated carbocycles. The van der Waals surface area contributed by atoms with Gasteiger partial charge in [-0.3, -0.25) is 9.59 Å². The van der Waals surface area contributed by atoms with Gasteiger partial charge in [0.2, 0.25) is 0 Å². The monoisotopic (exact) mass is 389 g/mol. The second kappa shape index (κ2) is 8.68. The highest BCUT2D eigenvalue weighted by Crippen LogP contribution is 2.21. The third-order valence-corrected chi connectivity index (χ3v) is 5.14. The number of hydrogen-bond donors (Lipinski definition) is 2. The molecule has 1 aromatic heterocycles. The molecule has 7 heteroatoms. The Morgan fingerprint density at radius 2 is 1.76 bits per heavy atom. The van der Waals surface area contributed by atoms with Crippen LogP contribution in [0.25, 0.3) is 0 Å². The molecule has 1 aliphatic rings. The van der Waals surface area contributed by atoms with E-state index in [9.17, 15) is 9.59 Å². The van der Waals surface area contributed by atoms with Gasteiger partial charge in [0.05, 0.1) is 17.8 Å². The minimum atomic E-state index is -0.251. The van der Waals surface area contributed by atoms with Gasteiger partial charge in [0, 0.05) is 11.6 Å². The number of carbonyl (C=O) groups is 2. The summed E-state index contributed by atoms with van der Waals surface area (Å²) in [5, 5.41) is 10.0. The van der Waals surface area contributed by atoms with Crippen molar-refractivity contribution in [2.24, 2.45) is 0 Å². The van der Waals surface area contributed by atoms with Gasteiger partial charge < -0.3 is 10.6 Å². The summed E-state index contributed by atoms with van der Waals surface area (Å²) < 4.78 is 1.72. The number of anilines is 1. The van der Waals surface area contributed by atoms with Crippen molar-refractivity contribution in [1.29, 1.82) is 0 Å². The summed E-state index contributed by atoms with van der Waals surface area (Å²) in [6.07, 6.45) is 7.46. The first kappa shape index (κ1) is 18.9. The molecule has 0 aliphatic heterocycles. The van der Waals surface area contributed by atoms with Gasteiger partial charge in [0.25, 0.3) is 11.8 Å². The predicted octanol–water partition coefficient (Wildman–Crippen LogP) is 3.25. The molecule has 3 aromatic rings. The summed E-state index contributed by atoms with van der Waals surface area (Å²) in [6.45, 7) is 0.589. The number of aromatic nitrogens is 3. The lowest BCUT2D eigenvalue weighted by Gasteiger charge is -2.15. The van der Waals surface area contributed by atoms with Crippen LogP contribution in [-0.4, -0.2) is 32.6 Å². The van der Waals surface area contributed by atoms with Crippen molar-refractivity contribution >= 4 is 17.5 Å². The Balaban J connectivity index is 1.43. The lowest BCUT2D eigenvalue weighted by Crippen LogP contribution is -2.33. The average molecular weight is 389 g/mol. The van der Waals surface area contributed by atoms with Crippen molar-refractivity contribution in [2.75, 3.05) is 5.32 Å². The number of hydrogen-bond acceptors (Lipinski definition) is 4. The van der Waals surface area contributed by atoms with Crippen LogP contribution in [0.4, 0.5) is 5.69 Å². The standard InChI is InChI=1S/C22H23N5O2/c28-21(17-11-9-16(10-12-17)13-27-15-23-14-24-27)26-20-8-4-3-7-19(20)22(29)25-18-5-1-2-6-18/h3-4,7-12,14-15,18H,1-2,5-6,13H2,(H,25,29)(H,26,28). The molecule has 0 unspecified atom stereocenters. The zero-order valence-electron chi connectivity index (χ0n) is 16.0. The highest BCUT2D eigenvalue weighted by Gasteiger charge is 2.20. The molecular formula is C22H23N5O2. The lowest BCUT2D eigenvalue weighted by atomic mass is 10.1. The Bertz CT molecular complexity index is 977. The second-order valence-electron chi connectivity index (χ2n) is 7.24. The van der Waals surface area contributed by atoms with E-state index in [-0.39, 0.29) is 17.9 Å². The highest BCUT2D eigenvalue weighted by atomic mass is 16.2. The minimum Gasteiger partial charge on any atom is -0.349 e. The smallest absolute Gasteiger partial charge is 0.255 e. The van der Waals surface area contributed by atoms with Gasteiger partial charge in [-0.25, -0.2) is 9.67 Å². The molecule has 0 radical (unpaired) electrons. The zero-order chi connectivity index (χ0) is 20.1. The summed E-state index contributed by atoms with van der Waals surface area (Å²) in [5.74, 6) is -0.394. The number of carbonyl (C=O) groups excluding carboxylic acids is 2. The maximum absolute atomic E-state index is 12.7. The molecule has 2 amide bonds. The number of nitrogens with zero attached hydrogens (tertiary/aromatic N) is 3. The summed E-state index contributed by atoms with van der Waals surface area (Å²) >= 11 is 0. The van der Waals surface area contributed by atoms with Crippen molar-refractivity contribution < 1.29 is 9.59 Å². The van der Waals surface area contributed by atoms with Gasteiger partial charge in [-0.1, -0.05) is 37.1 Å². The molecule has 2 N–H and O–H groups in total. The Labute approximate surface area is 169 Å². The van der Waals surface area contributed by atoms with Crippen molar-refractivity contribution in [3.8, 4) is 0 Å². The summed E-state index contributed by atoms with van der Waals surface area (Å²) in [6, 6.07) is 14.6. The number of amides is 2. The average Bonchev–Trinajstić information content (AvgIpc) is 3.43. The van der Waals surface area contributed by atoms with E-state index < -0.39 is 0 Å². The molecule has 7 nitrogen and oxygen atoms in total. The number of para-hydroxylation sites is 1. The van der Waals surface area contributed by atoms with Crippen LogP contribution < -0.4 is 10.6 Å². The predicted molar refractivity (Wildman–Crippen MR) is 110 cm³/mol. The Morgan fingerprint density at radius 3 is 2.48 bits per heavy atom. The molecule has 1 fully saturated rings. The number of benzene rings is 2. The van der Waals surface area contributed by atoms with Gasteiger partial charge in [0.1, 0.15) is 12.7 Å². The third-order valence-electron chi connectivity index (χ3n) is 5.14. The van der Waals surface area contributed by atoms with E-state index in [1.165, 1.54) is 6.33 Å². The van der Waals surface area contributed by atoms with Crippen molar-refractivity contribution in [1.82, 2.24) is 20.1 Å². The van der Waals surface area contributed by atoms with Crippen LogP contribution in [0.1, 0.15) is 52.0 Å². The first-order valence-corrected chi connectivity index (χ1v) is 9.81. The molecular weight excluding hydrogens is 366 g/mol. The Morgan fingerprint density at radius 1 is 1.00 bits per heavy atom. The highest BCUT2D eigenvalue weighted by molar-refractivity contribution is 6.09. The molecule has 4 rings (SSSR count). The molecule has 0 atom stereocenters. The van der Waals surface area contributed by atoms with Gasteiger partial charge in [-0.2, -0.15) is 5.10 Å². The minimum absolute atomic E-state index is 0.143. The SMILES string of the molecule is O=C(Nc1ccccc1C(=O)NC1CCCC1)c1ccc(Cn2cncn2)cc1. The van der Waals surface area contributed by atoms with Crippen molar-refractivity contribution in [2.45, 2.75) is 38.3 Å². The van der Waals surface area contributed by atoms with Crippen LogP contribution in [0.5, 0.6) is 0 Å². The number of nitrogens with one attached hydrogen (secondary N) is 2. The van der Waals surface area contributed by atoms with Crippen molar-refractivity contribution in [3.63, 3.8) is 0 Å². The maximum atomic E-state index is 12.7. The molecule has 0 spiro atoms. The first-order valence-electron chi connectivity index (χ1n) is 9.81. The quantitative estimate of drug-likeness (QED) is 0.677. The van der Waals surface area contributed by atoms with Crippen LogP contribution >= 0.6 is 0 Å². The zero-order valence-corrected chi connectivity index (χ0v) is 16.0. The Hall–Kier alpha value is -3.48. The van der Waals surface area contributed by atoms with E-state index >= 15 is 0 Å². The molecule has 0 bridgehead atoms. The molecule has 1 aliphatic carbocycles. The van der Waals surface area contributed by atoms with E-state index in [0.717, 1.165) is 31.2 Å². The number of rotatable bonds is 6. The van der Waals surface area contributed by atoms with E-state index in [2.05, 4.69) is 20.7 Å². The molecule has 29 heavy (non-hydrogen) atoms.